The van der Waals surface area contributed by atoms with Crippen molar-refractivity contribution in [3.8, 4) is 0 Å². The standard InChI is InChI=1S/C27H22F2N4O2S/c28-19-11-9-17(10-12-19)15-30-24(34)14-13-23-26(35)33-25(31-23)20-6-2-4-8-22(20)32-27(33)36-16-18-5-1-3-7-21(18)29/h1-12,23H,13-16H2,(H,30,34)/t23-/m1/s1. The summed E-state index contributed by atoms with van der Waals surface area (Å²) in [6.45, 7) is 0.273. The average molecular weight is 505 g/mol. The minimum absolute atomic E-state index is 0.110. The molecule has 3 aromatic rings. The monoisotopic (exact) mass is 504 g/mol. The van der Waals surface area contributed by atoms with Gasteiger partial charge in [-0.05, 0) is 47.9 Å². The molecule has 6 nitrogen and oxygen atoms in total. The number of para-hydroxylation sites is 1. The van der Waals surface area contributed by atoms with Crippen molar-refractivity contribution in [3.63, 3.8) is 0 Å². The van der Waals surface area contributed by atoms with Crippen LogP contribution in [-0.4, -0.2) is 33.8 Å². The molecule has 2 aliphatic rings. The molecule has 0 radical (unpaired) electrons. The van der Waals surface area contributed by atoms with Crippen LogP contribution in [0.3, 0.4) is 0 Å². The summed E-state index contributed by atoms with van der Waals surface area (Å²) < 4.78 is 27.2. The minimum atomic E-state index is -0.720. The number of thioether (sulfide) groups is 1. The van der Waals surface area contributed by atoms with Gasteiger partial charge in [0.1, 0.15) is 23.5 Å². The molecule has 0 saturated carbocycles. The van der Waals surface area contributed by atoms with Gasteiger partial charge < -0.3 is 5.32 Å². The van der Waals surface area contributed by atoms with Crippen LogP contribution in [0.15, 0.2) is 82.8 Å². The zero-order valence-electron chi connectivity index (χ0n) is 19.2. The Morgan fingerprint density at radius 1 is 1.00 bits per heavy atom. The number of aliphatic imine (C=N–C) groups is 2. The van der Waals surface area contributed by atoms with Crippen molar-refractivity contribution in [2.75, 3.05) is 0 Å². The summed E-state index contributed by atoms with van der Waals surface area (Å²) in [5.41, 5.74) is 2.73. The maximum absolute atomic E-state index is 14.1. The fourth-order valence-electron chi connectivity index (χ4n) is 4.00. The van der Waals surface area contributed by atoms with Crippen molar-refractivity contribution in [2.24, 2.45) is 9.98 Å². The minimum Gasteiger partial charge on any atom is -0.352 e. The van der Waals surface area contributed by atoms with E-state index in [0.717, 1.165) is 11.1 Å². The summed E-state index contributed by atoms with van der Waals surface area (Å²) >= 11 is 1.27. The Morgan fingerprint density at radius 2 is 1.75 bits per heavy atom. The summed E-state index contributed by atoms with van der Waals surface area (Å²) in [4.78, 5) is 36.5. The van der Waals surface area contributed by atoms with Crippen LogP contribution >= 0.6 is 11.8 Å². The summed E-state index contributed by atoms with van der Waals surface area (Å²) in [6.07, 6.45) is 0.347. The van der Waals surface area contributed by atoms with Crippen molar-refractivity contribution >= 4 is 40.3 Å². The zero-order chi connectivity index (χ0) is 25.1. The highest BCUT2D eigenvalue weighted by molar-refractivity contribution is 8.13. The number of amides is 2. The van der Waals surface area contributed by atoms with Gasteiger partial charge in [-0.25, -0.2) is 18.7 Å². The molecule has 0 fully saturated rings. The molecule has 0 bridgehead atoms. The quantitative estimate of drug-likeness (QED) is 0.495. The second-order valence-electron chi connectivity index (χ2n) is 8.38. The molecule has 1 atom stereocenters. The average Bonchev–Trinajstić information content (AvgIpc) is 3.23. The zero-order valence-corrected chi connectivity index (χ0v) is 20.0. The molecule has 182 valence electrons. The fraction of sp³-hybridized carbons (Fsp3) is 0.185. The summed E-state index contributed by atoms with van der Waals surface area (Å²) in [5, 5.41) is 3.22. The second kappa shape index (κ2) is 10.4. The summed E-state index contributed by atoms with van der Waals surface area (Å²) in [6, 6.07) is 19.1. The van der Waals surface area contributed by atoms with Crippen LogP contribution in [-0.2, 0) is 21.9 Å². The number of amidine groups is 2. The number of benzene rings is 3. The largest absolute Gasteiger partial charge is 0.352 e. The van der Waals surface area contributed by atoms with Gasteiger partial charge in [0.25, 0.3) is 5.91 Å². The summed E-state index contributed by atoms with van der Waals surface area (Å²) in [5.74, 6) is -0.324. The Kier molecular flexibility index (Phi) is 6.90. The van der Waals surface area contributed by atoms with E-state index in [2.05, 4.69) is 15.3 Å². The lowest BCUT2D eigenvalue weighted by atomic mass is 10.1. The molecule has 9 heteroatoms. The maximum Gasteiger partial charge on any atom is 0.259 e. The van der Waals surface area contributed by atoms with Gasteiger partial charge in [0, 0.05) is 24.3 Å². The number of hydrogen-bond acceptors (Lipinski definition) is 5. The molecular formula is C27H22F2N4O2S. The third-order valence-electron chi connectivity index (χ3n) is 5.91. The van der Waals surface area contributed by atoms with E-state index in [1.165, 1.54) is 34.9 Å². The number of halogens is 2. The van der Waals surface area contributed by atoms with Crippen molar-refractivity contribution in [3.05, 3.63) is 101 Å². The Balaban J connectivity index is 1.27. The van der Waals surface area contributed by atoms with Crippen molar-refractivity contribution in [2.45, 2.75) is 31.2 Å². The van der Waals surface area contributed by atoms with Crippen LogP contribution in [0.1, 0.15) is 29.5 Å². The second-order valence-corrected chi connectivity index (χ2v) is 9.32. The smallest absolute Gasteiger partial charge is 0.259 e. The van der Waals surface area contributed by atoms with Crippen LogP contribution < -0.4 is 5.32 Å². The third-order valence-corrected chi connectivity index (χ3v) is 6.90. The molecule has 0 aliphatic carbocycles. The fourth-order valence-corrected chi connectivity index (χ4v) is 4.99. The number of carbonyl (C=O) groups excluding carboxylic acids is 2. The Morgan fingerprint density at radius 3 is 2.56 bits per heavy atom. The van der Waals surface area contributed by atoms with Crippen LogP contribution in [0.2, 0.25) is 0 Å². The highest BCUT2D eigenvalue weighted by Gasteiger charge is 2.41. The Hall–Kier alpha value is -3.85. The van der Waals surface area contributed by atoms with Crippen molar-refractivity contribution in [1.82, 2.24) is 10.2 Å². The van der Waals surface area contributed by atoms with E-state index in [-0.39, 0.29) is 42.8 Å². The first-order valence-corrected chi connectivity index (χ1v) is 12.5. The summed E-state index contributed by atoms with van der Waals surface area (Å²) in [7, 11) is 0. The number of nitrogens with zero attached hydrogens (tertiary/aromatic N) is 3. The van der Waals surface area contributed by atoms with E-state index < -0.39 is 6.04 Å². The van der Waals surface area contributed by atoms with Gasteiger partial charge in [-0.1, -0.05) is 54.2 Å². The molecule has 3 aromatic carbocycles. The Labute approximate surface area is 211 Å². The molecule has 1 N–H and O–H groups in total. The predicted molar refractivity (Wildman–Crippen MR) is 136 cm³/mol. The van der Waals surface area contributed by atoms with E-state index in [4.69, 9.17) is 0 Å². The predicted octanol–water partition coefficient (Wildman–Crippen LogP) is 4.95. The highest BCUT2D eigenvalue weighted by Crippen LogP contribution is 2.35. The molecule has 2 heterocycles. The molecule has 0 saturated heterocycles. The van der Waals surface area contributed by atoms with Gasteiger partial charge in [0.15, 0.2) is 5.17 Å². The number of rotatable bonds is 7. The lowest BCUT2D eigenvalue weighted by Gasteiger charge is -2.25. The molecule has 0 unspecified atom stereocenters. The SMILES string of the molecule is O=C(CC[C@H]1N=C2c3ccccc3N=C(SCc3ccccc3F)N2C1=O)NCc1ccc(F)cc1. The van der Waals surface area contributed by atoms with Crippen molar-refractivity contribution in [1.29, 1.82) is 0 Å². The first kappa shape index (κ1) is 23.9. The van der Waals surface area contributed by atoms with Gasteiger partial charge in [0.2, 0.25) is 5.91 Å². The normalized spacial score (nSPS) is 16.2. The molecule has 2 amide bonds. The van der Waals surface area contributed by atoms with Crippen LogP contribution in [0, 0.1) is 11.6 Å². The van der Waals surface area contributed by atoms with Crippen molar-refractivity contribution < 1.29 is 18.4 Å². The van der Waals surface area contributed by atoms with E-state index >= 15 is 0 Å². The van der Waals surface area contributed by atoms with E-state index in [0.29, 0.717) is 28.0 Å². The molecule has 5 rings (SSSR count). The van der Waals surface area contributed by atoms with Gasteiger partial charge in [0.05, 0.1) is 5.69 Å². The van der Waals surface area contributed by atoms with Gasteiger partial charge >= 0.3 is 0 Å². The highest BCUT2D eigenvalue weighted by atomic mass is 32.2. The number of carbonyl (C=O) groups is 2. The molecule has 2 aliphatic heterocycles. The molecule has 36 heavy (non-hydrogen) atoms. The van der Waals surface area contributed by atoms with E-state index in [1.54, 1.807) is 30.3 Å². The van der Waals surface area contributed by atoms with Crippen LogP contribution in [0.25, 0.3) is 0 Å². The number of hydrogen-bond donors (Lipinski definition) is 1. The third kappa shape index (κ3) is 5.06. The lowest BCUT2D eigenvalue weighted by molar-refractivity contribution is -0.125. The van der Waals surface area contributed by atoms with Gasteiger partial charge in [-0.3, -0.25) is 14.6 Å². The lowest BCUT2D eigenvalue weighted by Crippen LogP contribution is -2.41. The molecule has 0 aromatic heterocycles. The topological polar surface area (TPSA) is 74.1 Å². The number of fused-ring (bicyclic) bond motifs is 3. The molecular weight excluding hydrogens is 482 g/mol. The first-order chi connectivity index (χ1) is 17.5. The van der Waals surface area contributed by atoms with Gasteiger partial charge in [-0.15, -0.1) is 0 Å². The molecule has 0 spiro atoms. The Bertz CT molecular complexity index is 1370. The van der Waals surface area contributed by atoms with Crippen LogP contribution in [0.5, 0.6) is 0 Å². The maximum atomic E-state index is 14.1. The van der Waals surface area contributed by atoms with Gasteiger partial charge in [-0.2, -0.15) is 0 Å². The first-order valence-electron chi connectivity index (χ1n) is 11.5. The van der Waals surface area contributed by atoms with Crippen LogP contribution in [0.4, 0.5) is 14.5 Å². The number of nitrogens with one attached hydrogen (secondary N) is 1. The van der Waals surface area contributed by atoms with E-state index in [1.807, 2.05) is 24.3 Å². The van der Waals surface area contributed by atoms with E-state index in [9.17, 15) is 18.4 Å².